The van der Waals surface area contributed by atoms with Gasteiger partial charge in [0.1, 0.15) is 4.83 Å². The first-order valence-corrected chi connectivity index (χ1v) is 9.27. The molecule has 1 aliphatic heterocycles. The van der Waals surface area contributed by atoms with Gasteiger partial charge >= 0.3 is 0 Å². The molecule has 4 heterocycles. The van der Waals surface area contributed by atoms with Gasteiger partial charge in [-0.25, -0.2) is 0 Å². The Hall–Kier alpha value is -2.25. The SMILES string of the molecule is Cc1nn(C)c2sc(C(=O)N3CCN(Cc4cccnc4)CC3)cc12. The quantitative estimate of drug-likeness (QED) is 0.723. The van der Waals surface area contributed by atoms with Crippen LogP contribution >= 0.6 is 11.3 Å². The molecule has 0 spiro atoms. The van der Waals surface area contributed by atoms with Gasteiger partial charge in [-0.1, -0.05) is 6.07 Å². The summed E-state index contributed by atoms with van der Waals surface area (Å²) in [5.41, 5.74) is 2.20. The van der Waals surface area contributed by atoms with Crippen molar-refractivity contribution in [2.24, 2.45) is 7.05 Å². The monoisotopic (exact) mass is 355 g/mol. The van der Waals surface area contributed by atoms with Gasteiger partial charge in [0, 0.05) is 57.6 Å². The average Bonchev–Trinajstić information content (AvgIpc) is 3.18. The van der Waals surface area contributed by atoms with E-state index in [0.29, 0.717) is 0 Å². The van der Waals surface area contributed by atoms with Crippen molar-refractivity contribution in [1.29, 1.82) is 0 Å². The van der Waals surface area contributed by atoms with Gasteiger partial charge in [-0.15, -0.1) is 11.3 Å². The number of thiophene rings is 1. The van der Waals surface area contributed by atoms with Crippen LogP contribution in [-0.4, -0.2) is 56.7 Å². The summed E-state index contributed by atoms with van der Waals surface area (Å²) in [5, 5.41) is 5.49. The summed E-state index contributed by atoms with van der Waals surface area (Å²) in [6.07, 6.45) is 3.70. The summed E-state index contributed by atoms with van der Waals surface area (Å²) in [4.78, 5) is 23.2. The van der Waals surface area contributed by atoms with Gasteiger partial charge in [-0.2, -0.15) is 5.10 Å². The molecule has 1 amide bonds. The molecule has 0 N–H and O–H groups in total. The van der Waals surface area contributed by atoms with Crippen LogP contribution in [-0.2, 0) is 13.6 Å². The third kappa shape index (κ3) is 3.17. The first-order valence-electron chi connectivity index (χ1n) is 8.45. The fraction of sp³-hybridized carbons (Fsp3) is 0.389. The molecule has 0 bridgehead atoms. The van der Waals surface area contributed by atoms with Gasteiger partial charge in [0.15, 0.2) is 0 Å². The number of pyridine rings is 1. The number of amides is 1. The van der Waals surface area contributed by atoms with E-state index in [1.807, 2.05) is 41.9 Å². The third-order valence-corrected chi connectivity index (χ3v) is 5.89. The van der Waals surface area contributed by atoms with E-state index in [2.05, 4.69) is 21.0 Å². The van der Waals surface area contributed by atoms with Crippen molar-refractivity contribution in [3.8, 4) is 0 Å². The highest BCUT2D eigenvalue weighted by atomic mass is 32.1. The first kappa shape index (κ1) is 16.2. The molecular formula is C18H21N5OS. The van der Waals surface area contributed by atoms with E-state index in [1.165, 1.54) is 16.9 Å². The topological polar surface area (TPSA) is 54.3 Å². The molecule has 7 heteroatoms. The minimum Gasteiger partial charge on any atom is -0.335 e. The molecule has 3 aromatic heterocycles. The maximum absolute atomic E-state index is 12.8. The number of aromatic nitrogens is 3. The first-order chi connectivity index (χ1) is 12.1. The minimum absolute atomic E-state index is 0.140. The number of fused-ring (bicyclic) bond motifs is 1. The highest BCUT2D eigenvalue weighted by Crippen LogP contribution is 2.28. The van der Waals surface area contributed by atoms with Crippen LogP contribution in [0.25, 0.3) is 10.2 Å². The molecule has 1 fully saturated rings. The van der Waals surface area contributed by atoms with E-state index in [0.717, 1.165) is 53.5 Å². The fourth-order valence-corrected chi connectivity index (χ4v) is 4.42. The number of aryl methyl sites for hydroxylation is 2. The van der Waals surface area contributed by atoms with Gasteiger partial charge in [-0.05, 0) is 24.6 Å². The lowest BCUT2D eigenvalue weighted by molar-refractivity contribution is 0.0633. The second-order valence-electron chi connectivity index (χ2n) is 6.47. The van der Waals surface area contributed by atoms with E-state index in [1.54, 1.807) is 6.20 Å². The molecule has 25 heavy (non-hydrogen) atoms. The molecule has 6 nitrogen and oxygen atoms in total. The van der Waals surface area contributed by atoms with Gasteiger partial charge < -0.3 is 4.90 Å². The van der Waals surface area contributed by atoms with Crippen molar-refractivity contribution in [3.05, 3.63) is 46.7 Å². The van der Waals surface area contributed by atoms with E-state index in [4.69, 9.17) is 0 Å². The van der Waals surface area contributed by atoms with Gasteiger partial charge in [-0.3, -0.25) is 19.4 Å². The largest absolute Gasteiger partial charge is 0.335 e. The van der Waals surface area contributed by atoms with Crippen LogP contribution in [0, 0.1) is 6.92 Å². The predicted octanol–water partition coefficient (Wildman–Crippen LogP) is 2.30. The van der Waals surface area contributed by atoms with Crippen LogP contribution in [0.4, 0.5) is 0 Å². The summed E-state index contributed by atoms with van der Waals surface area (Å²) in [5.74, 6) is 0.140. The van der Waals surface area contributed by atoms with Crippen LogP contribution in [0.15, 0.2) is 30.6 Å². The molecule has 0 aliphatic carbocycles. The Morgan fingerprint density at radius 2 is 2.08 bits per heavy atom. The zero-order valence-electron chi connectivity index (χ0n) is 14.5. The number of carbonyl (C=O) groups is 1. The summed E-state index contributed by atoms with van der Waals surface area (Å²) in [7, 11) is 1.93. The number of nitrogens with zero attached hydrogens (tertiary/aromatic N) is 5. The highest BCUT2D eigenvalue weighted by molar-refractivity contribution is 7.20. The second kappa shape index (κ2) is 6.57. The van der Waals surface area contributed by atoms with Gasteiger partial charge in [0.25, 0.3) is 5.91 Å². The summed E-state index contributed by atoms with van der Waals surface area (Å²) in [6, 6.07) is 6.05. The Labute approximate surface area is 150 Å². The smallest absolute Gasteiger partial charge is 0.264 e. The van der Waals surface area contributed by atoms with Crippen LogP contribution in [0.2, 0.25) is 0 Å². The summed E-state index contributed by atoms with van der Waals surface area (Å²) < 4.78 is 1.86. The van der Waals surface area contributed by atoms with Crippen LogP contribution in [0.5, 0.6) is 0 Å². The number of hydrogen-bond acceptors (Lipinski definition) is 5. The minimum atomic E-state index is 0.140. The number of piperazine rings is 1. The molecule has 0 atom stereocenters. The Morgan fingerprint density at radius 3 is 2.76 bits per heavy atom. The fourth-order valence-electron chi connectivity index (χ4n) is 3.33. The van der Waals surface area contributed by atoms with Crippen molar-refractivity contribution in [2.45, 2.75) is 13.5 Å². The summed E-state index contributed by atoms with van der Waals surface area (Å²) in [6.45, 7) is 6.21. The third-order valence-electron chi connectivity index (χ3n) is 4.70. The standard InChI is InChI=1S/C18H21N5OS/c1-13-15-10-16(25-18(15)21(2)20-13)17(24)23-8-6-22(7-9-23)12-14-4-3-5-19-11-14/h3-5,10-11H,6-9,12H2,1-2H3. The zero-order valence-corrected chi connectivity index (χ0v) is 15.3. The van der Waals surface area contributed by atoms with Crippen molar-refractivity contribution in [3.63, 3.8) is 0 Å². The molecule has 1 saturated heterocycles. The summed E-state index contributed by atoms with van der Waals surface area (Å²) >= 11 is 1.54. The molecule has 0 unspecified atom stereocenters. The molecular weight excluding hydrogens is 334 g/mol. The molecule has 3 aromatic rings. The maximum Gasteiger partial charge on any atom is 0.264 e. The Kier molecular flexibility index (Phi) is 4.27. The van der Waals surface area contributed by atoms with E-state index >= 15 is 0 Å². The number of carbonyl (C=O) groups excluding carboxylic acids is 1. The Balaban J connectivity index is 1.41. The molecule has 0 radical (unpaired) electrons. The normalized spacial score (nSPS) is 15.8. The number of rotatable bonds is 3. The van der Waals surface area contributed by atoms with Gasteiger partial charge in [0.2, 0.25) is 0 Å². The van der Waals surface area contributed by atoms with Crippen LogP contribution < -0.4 is 0 Å². The molecule has 0 saturated carbocycles. The van der Waals surface area contributed by atoms with Crippen molar-refractivity contribution in [2.75, 3.05) is 26.2 Å². The molecule has 0 aromatic carbocycles. The number of hydrogen-bond donors (Lipinski definition) is 0. The van der Waals surface area contributed by atoms with E-state index in [9.17, 15) is 4.79 Å². The van der Waals surface area contributed by atoms with Crippen molar-refractivity contribution >= 4 is 27.5 Å². The van der Waals surface area contributed by atoms with Crippen LogP contribution in [0.1, 0.15) is 20.9 Å². The lowest BCUT2D eigenvalue weighted by Crippen LogP contribution is -2.48. The predicted molar refractivity (Wildman–Crippen MR) is 98.7 cm³/mol. The van der Waals surface area contributed by atoms with Crippen molar-refractivity contribution < 1.29 is 4.79 Å². The second-order valence-corrected chi connectivity index (χ2v) is 7.50. The highest BCUT2D eigenvalue weighted by Gasteiger charge is 2.24. The zero-order chi connectivity index (χ0) is 17.4. The molecule has 4 rings (SSSR count). The average molecular weight is 355 g/mol. The molecule has 130 valence electrons. The van der Waals surface area contributed by atoms with Crippen molar-refractivity contribution in [1.82, 2.24) is 24.6 Å². The van der Waals surface area contributed by atoms with Gasteiger partial charge in [0.05, 0.1) is 10.6 Å². The van der Waals surface area contributed by atoms with E-state index in [-0.39, 0.29) is 5.91 Å². The maximum atomic E-state index is 12.8. The Morgan fingerprint density at radius 1 is 1.28 bits per heavy atom. The molecule has 1 aliphatic rings. The van der Waals surface area contributed by atoms with Crippen LogP contribution in [0.3, 0.4) is 0 Å². The Bertz CT molecular complexity index is 858. The van der Waals surface area contributed by atoms with E-state index < -0.39 is 0 Å². The lowest BCUT2D eigenvalue weighted by atomic mass is 10.2. The lowest BCUT2D eigenvalue weighted by Gasteiger charge is -2.34.